The Balaban J connectivity index is 1.51. The second-order valence-electron chi connectivity index (χ2n) is 6.49. The molecule has 10 heteroatoms. The number of sulfonamides is 1. The average Bonchev–Trinajstić information content (AvgIpc) is 3.04. The molecule has 0 spiro atoms. The smallest absolute Gasteiger partial charge is 0.243 e. The molecule has 1 N–H and O–H groups in total. The monoisotopic (exact) mass is 448 g/mol. The molecule has 0 unspecified atom stereocenters. The molecule has 0 saturated carbocycles. The fourth-order valence-corrected chi connectivity index (χ4v) is 5.77. The van der Waals surface area contributed by atoms with E-state index in [4.69, 9.17) is 17.0 Å². The number of nitrogens with one attached hydrogen (secondary N) is 1. The molecular formula is C19H20N4O3S3. The lowest BCUT2D eigenvalue weighted by atomic mass is 10.3. The summed E-state index contributed by atoms with van der Waals surface area (Å²) in [6.45, 7) is 1.59. The molecule has 0 aliphatic carbocycles. The lowest BCUT2D eigenvalue weighted by Gasteiger charge is -2.26. The minimum atomic E-state index is -3.51. The maximum atomic E-state index is 12.7. The van der Waals surface area contributed by atoms with Gasteiger partial charge in [-0.15, -0.1) is 0 Å². The van der Waals surface area contributed by atoms with Gasteiger partial charge in [-0.2, -0.15) is 9.30 Å². The first-order chi connectivity index (χ1) is 13.9. The van der Waals surface area contributed by atoms with Crippen molar-refractivity contribution in [3.8, 4) is 0 Å². The quantitative estimate of drug-likeness (QED) is 0.624. The minimum Gasteiger partial charge on any atom is -0.379 e. The predicted octanol–water partition coefficient (Wildman–Crippen LogP) is 2.56. The largest absolute Gasteiger partial charge is 0.379 e. The molecule has 0 bridgehead atoms. The molecule has 1 saturated heterocycles. The lowest BCUT2D eigenvalue weighted by molar-refractivity contribution is 0.0730. The highest BCUT2D eigenvalue weighted by Crippen LogP contribution is 2.20. The van der Waals surface area contributed by atoms with E-state index in [0.29, 0.717) is 37.1 Å². The second-order valence-corrected chi connectivity index (χ2v) is 9.83. The number of anilines is 1. The zero-order chi connectivity index (χ0) is 20.4. The molecule has 29 heavy (non-hydrogen) atoms. The highest BCUT2D eigenvalue weighted by Gasteiger charge is 2.26. The summed E-state index contributed by atoms with van der Waals surface area (Å²) < 4.78 is 35.2. The van der Waals surface area contributed by atoms with Gasteiger partial charge < -0.3 is 14.6 Å². The molecular weight excluding hydrogens is 428 g/mol. The first-order valence-corrected chi connectivity index (χ1v) is 11.7. The normalized spacial score (nSPS) is 16.2. The number of hydrogen-bond acceptors (Lipinski definition) is 5. The minimum absolute atomic E-state index is 0.253. The number of thiazole rings is 1. The Morgan fingerprint density at radius 2 is 1.83 bits per heavy atom. The number of hydrogen-bond donors (Lipinski definition) is 1. The number of thiocarbonyl (C=S) groups is 1. The third-order valence-electron chi connectivity index (χ3n) is 4.63. The van der Waals surface area contributed by atoms with Crippen LogP contribution in [-0.4, -0.2) is 48.7 Å². The van der Waals surface area contributed by atoms with E-state index in [-0.39, 0.29) is 4.90 Å². The highest BCUT2D eigenvalue weighted by molar-refractivity contribution is 7.89. The maximum Gasteiger partial charge on any atom is 0.243 e. The fraction of sp³-hybridized carbons (Fsp3) is 0.263. The van der Waals surface area contributed by atoms with E-state index in [0.717, 1.165) is 15.0 Å². The Kier molecular flexibility index (Phi) is 5.79. The van der Waals surface area contributed by atoms with E-state index < -0.39 is 10.0 Å². The molecule has 7 nitrogen and oxygen atoms in total. The van der Waals surface area contributed by atoms with Crippen molar-refractivity contribution < 1.29 is 13.2 Å². The summed E-state index contributed by atoms with van der Waals surface area (Å²) in [6.07, 6.45) is 0. The summed E-state index contributed by atoms with van der Waals surface area (Å²) in [6, 6.07) is 14.6. The number of aryl methyl sites for hydroxylation is 1. The number of nitrogens with zero attached hydrogens (tertiary/aromatic N) is 3. The van der Waals surface area contributed by atoms with E-state index in [1.807, 2.05) is 35.9 Å². The van der Waals surface area contributed by atoms with Gasteiger partial charge in [0, 0.05) is 25.8 Å². The summed E-state index contributed by atoms with van der Waals surface area (Å²) in [4.78, 5) is 5.54. The van der Waals surface area contributed by atoms with Gasteiger partial charge >= 0.3 is 0 Å². The van der Waals surface area contributed by atoms with Crippen molar-refractivity contribution in [2.45, 2.75) is 4.90 Å². The highest BCUT2D eigenvalue weighted by atomic mass is 32.2. The van der Waals surface area contributed by atoms with Crippen molar-refractivity contribution in [1.82, 2.24) is 8.87 Å². The van der Waals surface area contributed by atoms with E-state index in [1.165, 1.54) is 4.31 Å². The van der Waals surface area contributed by atoms with Crippen molar-refractivity contribution in [2.75, 3.05) is 31.6 Å². The van der Waals surface area contributed by atoms with Gasteiger partial charge in [0.05, 0.1) is 28.3 Å². The van der Waals surface area contributed by atoms with Crippen LogP contribution in [-0.2, 0) is 21.8 Å². The molecule has 3 aromatic rings. The third kappa shape index (κ3) is 4.26. The van der Waals surface area contributed by atoms with E-state index in [2.05, 4.69) is 10.3 Å². The van der Waals surface area contributed by atoms with Crippen molar-refractivity contribution >= 4 is 54.6 Å². The maximum absolute atomic E-state index is 12.7. The molecule has 2 aromatic carbocycles. The van der Waals surface area contributed by atoms with Crippen LogP contribution in [0.3, 0.4) is 0 Å². The molecule has 152 valence electrons. The Labute approximate surface area is 178 Å². The van der Waals surface area contributed by atoms with Crippen LogP contribution in [0.25, 0.3) is 10.2 Å². The predicted molar refractivity (Wildman–Crippen MR) is 119 cm³/mol. The summed E-state index contributed by atoms with van der Waals surface area (Å²) in [5.74, 6) is 0. The van der Waals surface area contributed by atoms with E-state index in [1.54, 1.807) is 35.6 Å². The first kappa shape index (κ1) is 20.2. The van der Waals surface area contributed by atoms with Crippen LogP contribution in [0.1, 0.15) is 0 Å². The number of rotatable bonds is 3. The number of fused-ring (bicyclic) bond motifs is 1. The van der Waals surface area contributed by atoms with Crippen LogP contribution < -0.4 is 10.1 Å². The average molecular weight is 449 g/mol. The zero-order valence-electron chi connectivity index (χ0n) is 15.7. The summed E-state index contributed by atoms with van der Waals surface area (Å²) in [5, 5.41) is 3.37. The fourth-order valence-electron chi connectivity index (χ4n) is 3.07. The standard InChI is InChI=1S/C19H20N4O3S3/c1-22-16-4-2-3-5-17(16)28-19(22)21-18(27)20-14-6-8-15(9-7-14)29(24,25)23-10-12-26-13-11-23/h2-9H,10-13H2,1H3,(H,20,27). The van der Waals surface area contributed by atoms with Gasteiger partial charge in [-0.25, -0.2) is 8.42 Å². The molecule has 1 aromatic heterocycles. The second kappa shape index (κ2) is 8.33. The van der Waals surface area contributed by atoms with Gasteiger partial charge in [-0.3, -0.25) is 0 Å². The Morgan fingerprint density at radius 1 is 1.14 bits per heavy atom. The number of benzene rings is 2. The molecule has 1 fully saturated rings. The van der Waals surface area contributed by atoms with Crippen LogP contribution in [0.15, 0.2) is 58.4 Å². The van der Waals surface area contributed by atoms with Crippen LogP contribution >= 0.6 is 23.6 Å². The molecule has 4 rings (SSSR count). The number of para-hydroxylation sites is 1. The van der Waals surface area contributed by atoms with Crippen molar-refractivity contribution in [3.63, 3.8) is 0 Å². The van der Waals surface area contributed by atoms with Gasteiger partial charge in [0.1, 0.15) is 0 Å². The number of aromatic nitrogens is 1. The number of morpholine rings is 1. The topological polar surface area (TPSA) is 75.9 Å². The molecule has 0 radical (unpaired) electrons. The molecule has 0 atom stereocenters. The molecule has 0 amide bonds. The van der Waals surface area contributed by atoms with Crippen molar-refractivity contribution in [2.24, 2.45) is 12.0 Å². The molecule has 2 heterocycles. The van der Waals surface area contributed by atoms with Crippen molar-refractivity contribution in [3.05, 3.63) is 53.3 Å². The van der Waals surface area contributed by atoms with Gasteiger partial charge in [0.25, 0.3) is 0 Å². The van der Waals surface area contributed by atoms with E-state index >= 15 is 0 Å². The van der Waals surface area contributed by atoms with Crippen LogP contribution in [0.4, 0.5) is 5.69 Å². The summed E-state index contributed by atoms with van der Waals surface area (Å²) >= 11 is 6.92. The Bertz CT molecular complexity index is 1210. The van der Waals surface area contributed by atoms with Crippen molar-refractivity contribution in [1.29, 1.82) is 0 Å². The zero-order valence-corrected chi connectivity index (χ0v) is 18.2. The van der Waals surface area contributed by atoms with E-state index in [9.17, 15) is 8.42 Å². The van der Waals surface area contributed by atoms with Gasteiger partial charge in [-0.1, -0.05) is 23.5 Å². The first-order valence-electron chi connectivity index (χ1n) is 9.03. The van der Waals surface area contributed by atoms with Gasteiger partial charge in [0.15, 0.2) is 9.91 Å². The van der Waals surface area contributed by atoms with Gasteiger partial charge in [0.2, 0.25) is 10.0 Å². The number of ether oxygens (including phenoxy) is 1. The van der Waals surface area contributed by atoms with Gasteiger partial charge in [-0.05, 0) is 48.6 Å². The van der Waals surface area contributed by atoms with Crippen LogP contribution in [0.2, 0.25) is 0 Å². The summed E-state index contributed by atoms with van der Waals surface area (Å²) in [5.41, 5.74) is 1.78. The molecule has 1 aliphatic rings. The van der Waals surface area contributed by atoms with Crippen LogP contribution in [0.5, 0.6) is 0 Å². The lowest BCUT2D eigenvalue weighted by Crippen LogP contribution is -2.40. The Hall–Kier alpha value is -2.11. The Morgan fingerprint density at radius 3 is 2.52 bits per heavy atom. The SMILES string of the molecule is Cn1c(=NC(=S)Nc2ccc(S(=O)(=O)N3CCOCC3)cc2)sc2ccccc21. The summed E-state index contributed by atoms with van der Waals surface area (Å²) in [7, 11) is -1.56. The van der Waals surface area contributed by atoms with Crippen LogP contribution in [0, 0.1) is 0 Å². The molecule has 1 aliphatic heterocycles. The third-order valence-corrected chi connectivity index (χ3v) is 7.84.